The number of rotatable bonds is 2. The van der Waals surface area contributed by atoms with E-state index in [2.05, 4.69) is 6.92 Å². The van der Waals surface area contributed by atoms with Crippen molar-refractivity contribution in [3.05, 3.63) is 0 Å². The molecule has 4 nitrogen and oxygen atoms in total. The summed E-state index contributed by atoms with van der Waals surface area (Å²) >= 11 is 0. The molecule has 0 bridgehead atoms. The number of hydrogen-bond acceptors (Lipinski definition) is 3. The fourth-order valence-electron chi connectivity index (χ4n) is 1.25. The number of hydrogen-bond donors (Lipinski definition) is 0. The standard InChI is InChI=1S/C8H15NO3/c1-6-4-7(12-5-6)8(10)9(2)11-3/h6-7H,4-5H2,1-3H3/t6-,7+/m1/s1. The molecule has 2 atom stereocenters. The van der Waals surface area contributed by atoms with Gasteiger partial charge in [0.25, 0.3) is 5.91 Å². The summed E-state index contributed by atoms with van der Waals surface area (Å²) in [6, 6.07) is 0. The molecule has 0 N–H and O–H groups in total. The van der Waals surface area contributed by atoms with Gasteiger partial charge in [0, 0.05) is 7.05 Å². The minimum atomic E-state index is -0.301. The minimum Gasteiger partial charge on any atom is -0.368 e. The largest absolute Gasteiger partial charge is 0.368 e. The summed E-state index contributed by atoms with van der Waals surface area (Å²) in [6.45, 7) is 2.74. The van der Waals surface area contributed by atoms with Gasteiger partial charge in [0.2, 0.25) is 0 Å². The van der Waals surface area contributed by atoms with Crippen molar-refractivity contribution in [1.82, 2.24) is 5.06 Å². The normalized spacial score (nSPS) is 28.9. The Morgan fingerprint density at radius 1 is 1.67 bits per heavy atom. The zero-order valence-corrected chi connectivity index (χ0v) is 7.74. The number of carbonyl (C=O) groups is 1. The first-order valence-corrected chi connectivity index (χ1v) is 4.08. The van der Waals surface area contributed by atoms with Gasteiger partial charge in [0.05, 0.1) is 13.7 Å². The molecule has 0 saturated carbocycles. The highest BCUT2D eigenvalue weighted by Crippen LogP contribution is 2.19. The van der Waals surface area contributed by atoms with E-state index in [1.165, 1.54) is 12.2 Å². The molecular weight excluding hydrogens is 158 g/mol. The fourth-order valence-corrected chi connectivity index (χ4v) is 1.25. The second-order valence-corrected chi connectivity index (χ2v) is 3.18. The highest BCUT2D eigenvalue weighted by atomic mass is 16.7. The van der Waals surface area contributed by atoms with Crippen LogP contribution in [-0.2, 0) is 14.4 Å². The van der Waals surface area contributed by atoms with Crippen LogP contribution in [0.25, 0.3) is 0 Å². The van der Waals surface area contributed by atoms with Crippen LogP contribution in [0.5, 0.6) is 0 Å². The molecule has 0 spiro atoms. The SMILES string of the molecule is CON(C)C(=O)[C@@H]1C[C@@H](C)CO1. The van der Waals surface area contributed by atoms with Crippen molar-refractivity contribution in [2.75, 3.05) is 20.8 Å². The Balaban J connectivity index is 2.43. The van der Waals surface area contributed by atoms with Gasteiger partial charge >= 0.3 is 0 Å². The fraction of sp³-hybridized carbons (Fsp3) is 0.875. The molecule has 1 saturated heterocycles. The Labute approximate surface area is 72.4 Å². The third-order valence-electron chi connectivity index (χ3n) is 2.06. The average molecular weight is 173 g/mol. The first-order chi connectivity index (χ1) is 5.65. The maximum Gasteiger partial charge on any atom is 0.274 e. The molecule has 1 rings (SSSR count). The maximum absolute atomic E-state index is 11.4. The topological polar surface area (TPSA) is 38.8 Å². The van der Waals surface area contributed by atoms with E-state index in [-0.39, 0.29) is 12.0 Å². The molecule has 0 radical (unpaired) electrons. The molecule has 0 aromatic rings. The number of nitrogens with zero attached hydrogens (tertiary/aromatic N) is 1. The second kappa shape index (κ2) is 3.87. The Bertz CT molecular complexity index is 172. The van der Waals surface area contributed by atoms with Crippen molar-refractivity contribution in [3.63, 3.8) is 0 Å². The molecule has 12 heavy (non-hydrogen) atoms. The second-order valence-electron chi connectivity index (χ2n) is 3.18. The molecule has 1 aliphatic rings. The zero-order valence-electron chi connectivity index (χ0n) is 7.74. The number of amides is 1. The predicted molar refractivity (Wildman–Crippen MR) is 43.3 cm³/mol. The van der Waals surface area contributed by atoms with Gasteiger partial charge in [-0.3, -0.25) is 9.63 Å². The van der Waals surface area contributed by atoms with Crippen molar-refractivity contribution >= 4 is 5.91 Å². The lowest BCUT2D eigenvalue weighted by Gasteiger charge is -2.17. The van der Waals surface area contributed by atoms with E-state index < -0.39 is 0 Å². The van der Waals surface area contributed by atoms with Gasteiger partial charge in [0.15, 0.2) is 0 Å². The lowest BCUT2D eigenvalue weighted by Crippen LogP contribution is -2.35. The smallest absolute Gasteiger partial charge is 0.274 e. The molecule has 1 aliphatic heterocycles. The first kappa shape index (κ1) is 9.48. The minimum absolute atomic E-state index is 0.0955. The molecule has 1 heterocycles. The third-order valence-corrected chi connectivity index (χ3v) is 2.06. The van der Waals surface area contributed by atoms with Crippen LogP contribution in [0, 0.1) is 5.92 Å². The Morgan fingerprint density at radius 2 is 2.33 bits per heavy atom. The predicted octanol–water partition coefficient (Wildman–Crippen LogP) is 0.431. The lowest BCUT2D eigenvalue weighted by atomic mass is 10.1. The monoisotopic (exact) mass is 173 g/mol. The first-order valence-electron chi connectivity index (χ1n) is 4.08. The van der Waals surface area contributed by atoms with E-state index in [1.807, 2.05) is 0 Å². The number of ether oxygens (including phenoxy) is 1. The van der Waals surface area contributed by atoms with E-state index in [4.69, 9.17) is 9.57 Å². The van der Waals surface area contributed by atoms with Crippen molar-refractivity contribution in [2.45, 2.75) is 19.4 Å². The van der Waals surface area contributed by atoms with Crippen LogP contribution in [0.2, 0.25) is 0 Å². The van der Waals surface area contributed by atoms with Crippen molar-refractivity contribution in [2.24, 2.45) is 5.92 Å². The summed E-state index contributed by atoms with van der Waals surface area (Å²) in [5, 5.41) is 1.21. The number of likely N-dealkylation sites (N-methyl/N-ethyl adjacent to an activating group) is 1. The molecule has 1 fully saturated rings. The van der Waals surface area contributed by atoms with E-state index >= 15 is 0 Å². The summed E-state index contributed by atoms with van der Waals surface area (Å²) < 4.78 is 5.28. The van der Waals surface area contributed by atoms with E-state index in [0.717, 1.165) is 6.42 Å². The van der Waals surface area contributed by atoms with Gasteiger partial charge in [-0.25, -0.2) is 5.06 Å². The summed E-state index contributed by atoms with van der Waals surface area (Å²) in [7, 11) is 3.06. The van der Waals surface area contributed by atoms with Crippen molar-refractivity contribution < 1.29 is 14.4 Å². The third kappa shape index (κ3) is 1.95. The summed E-state index contributed by atoms with van der Waals surface area (Å²) in [4.78, 5) is 16.2. The van der Waals surface area contributed by atoms with Crippen LogP contribution in [0.15, 0.2) is 0 Å². The van der Waals surface area contributed by atoms with Crippen LogP contribution in [-0.4, -0.2) is 37.8 Å². The molecule has 0 aliphatic carbocycles. The van der Waals surface area contributed by atoms with Gasteiger partial charge in [0.1, 0.15) is 6.10 Å². The Morgan fingerprint density at radius 3 is 2.75 bits per heavy atom. The molecule has 0 aromatic heterocycles. The van der Waals surface area contributed by atoms with E-state index in [0.29, 0.717) is 12.5 Å². The van der Waals surface area contributed by atoms with Gasteiger partial charge < -0.3 is 4.74 Å². The molecule has 4 heteroatoms. The molecule has 0 unspecified atom stereocenters. The highest BCUT2D eigenvalue weighted by Gasteiger charge is 2.30. The van der Waals surface area contributed by atoms with E-state index in [9.17, 15) is 4.79 Å². The van der Waals surface area contributed by atoms with E-state index in [1.54, 1.807) is 7.05 Å². The van der Waals surface area contributed by atoms with Crippen LogP contribution < -0.4 is 0 Å². The van der Waals surface area contributed by atoms with Gasteiger partial charge in [-0.15, -0.1) is 0 Å². The zero-order chi connectivity index (χ0) is 9.14. The molecule has 70 valence electrons. The van der Waals surface area contributed by atoms with Gasteiger partial charge in [-0.05, 0) is 12.3 Å². The van der Waals surface area contributed by atoms with Gasteiger partial charge in [-0.2, -0.15) is 0 Å². The summed E-state index contributed by atoms with van der Waals surface area (Å²) in [6.07, 6.45) is 0.497. The average Bonchev–Trinajstić information content (AvgIpc) is 2.49. The number of carbonyl (C=O) groups excluding carboxylic acids is 1. The molecule has 0 aromatic carbocycles. The van der Waals surface area contributed by atoms with Crippen LogP contribution in [0.3, 0.4) is 0 Å². The van der Waals surface area contributed by atoms with Crippen LogP contribution >= 0.6 is 0 Å². The van der Waals surface area contributed by atoms with Crippen LogP contribution in [0.4, 0.5) is 0 Å². The van der Waals surface area contributed by atoms with Crippen molar-refractivity contribution in [1.29, 1.82) is 0 Å². The number of hydroxylamine groups is 2. The molecular formula is C8H15NO3. The Hall–Kier alpha value is -0.610. The summed E-state index contributed by atoms with van der Waals surface area (Å²) in [5.74, 6) is 0.381. The highest BCUT2D eigenvalue weighted by molar-refractivity contribution is 5.79. The van der Waals surface area contributed by atoms with Crippen LogP contribution in [0.1, 0.15) is 13.3 Å². The Kier molecular flexibility index (Phi) is 3.05. The maximum atomic E-state index is 11.4. The lowest BCUT2D eigenvalue weighted by molar-refractivity contribution is -0.178. The molecule has 1 amide bonds. The summed E-state index contributed by atoms with van der Waals surface area (Å²) in [5.41, 5.74) is 0. The quantitative estimate of drug-likeness (QED) is 0.568. The van der Waals surface area contributed by atoms with Crippen molar-refractivity contribution in [3.8, 4) is 0 Å². The van der Waals surface area contributed by atoms with Gasteiger partial charge in [-0.1, -0.05) is 6.92 Å².